The van der Waals surface area contributed by atoms with Crippen LogP contribution >= 0.6 is 0 Å². The zero-order chi connectivity index (χ0) is 13.2. The molecule has 0 aliphatic carbocycles. The molecule has 1 amide bonds. The van der Waals surface area contributed by atoms with E-state index in [2.05, 4.69) is 20.0 Å². The zero-order valence-corrected chi connectivity index (χ0v) is 8.73. The number of benzene rings is 1. The first-order valence-electron chi connectivity index (χ1n) is 4.74. The molecule has 0 spiro atoms. The van der Waals surface area contributed by atoms with Crippen LogP contribution in [0.5, 0.6) is 0 Å². The maximum absolute atomic E-state index is 12.2. The van der Waals surface area contributed by atoms with Crippen LogP contribution in [-0.2, 0) is 6.18 Å². The molecule has 1 aromatic carbocycles. The van der Waals surface area contributed by atoms with E-state index in [1.54, 1.807) is 30.3 Å². The molecule has 8 heteroatoms. The Morgan fingerprint density at radius 3 is 2.44 bits per heavy atom. The summed E-state index contributed by atoms with van der Waals surface area (Å²) in [5.41, 5.74) is 0.417. The molecule has 0 saturated heterocycles. The maximum atomic E-state index is 12.2. The number of aromatic nitrogens is 2. The van der Waals surface area contributed by atoms with E-state index in [-0.39, 0.29) is 0 Å². The van der Waals surface area contributed by atoms with Gasteiger partial charge in [-0.1, -0.05) is 23.4 Å². The number of nitrogens with one attached hydrogen (secondary N) is 1. The van der Waals surface area contributed by atoms with Crippen molar-refractivity contribution in [2.75, 3.05) is 5.32 Å². The van der Waals surface area contributed by atoms with Gasteiger partial charge in [0.15, 0.2) is 0 Å². The highest BCUT2D eigenvalue weighted by atomic mass is 19.4. The number of para-hydroxylation sites is 1. The number of anilines is 1. The Morgan fingerprint density at radius 1 is 1.22 bits per heavy atom. The van der Waals surface area contributed by atoms with Crippen molar-refractivity contribution in [2.24, 2.45) is 0 Å². The maximum Gasteiger partial charge on any atom is 0.471 e. The molecule has 18 heavy (non-hydrogen) atoms. The summed E-state index contributed by atoms with van der Waals surface area (Å²) in [5.74, 6) is -3.10. The number of carbonyl (C=O) groups excluding carboxylic acids is 1. The lowest BCUT2D eigenvalue weighted by Gasteiger charge is -2.00. The van der Waals surface area contributed by atoms with Crippen molar-refractivity contribution in [3.63, 3.8) is 0 Å². The second-order valence-corrected chi connectivity index (χ2v) is 3.24. The van der Waals surface area contributed by atoms with Crippen LogP contribution in [0.3, 0.4) is 0 Å². The van der Waals surface area contributed by atoms with Gasteiger partial charge in [0.2, 0.25) is 0 Å². The first-order chi connectivity index (χ1) is 8.47. The van der Waals surface area contributed by atoms with Gasteiger partial charge < -0.3 is 9.84 Å². The normalized spacial score (nSPS) is 11.3. The van der Waals surface area contributed by atoms with Crippen molar-refractivity contribution >= 4 is 11.6 Å². The van der Waals surface area contributed by atoms with Gasteiger partial charge in [0.05, 0.1) is 0 Å². The van der Waals surface area contributed by atoms with Crippen LogP contribution < -0.4 is 5.32 Å². The highest BCUT2D eigenvalue weighted by Crippen LogP contribution is 2.27. The molecule has 1 aromatic heterocycles. The van der Waals surface area contributed by atoms with Crippen LogP contribution in [0.2, 0.25) is 0 Å². The molecular weight excluding hydrogens is 251 g/mol. The third-order valence-electron chi connectivity index (χ3n) is 1.90. The molecule has 0 aliphatic rings. The molecule has 0 fully saturated rings. The van der Waals surface area contributed by atoms with Gasteiger partial charge in [0.25, 0.3) is 11.7 Å². The van der Waals surface area contributed by atoms with E-state index in [4.69, 9.17) is 0 Å². The summed E-state index contributed by atoms with van der Waals surface area (Å²) in [7, 11) is 0. The number of alkyl halides is 3. The Kier molecular flexibility index (Phi) is 3.00. The SMILES string of the molecule is O=C(Nc1ccccc1)c1noc(C(F)(F)F)n1. The van der Waals surface area contributed by atoms with E-state index in [0.717, 1.165) is 0 Å². The largest absolute Gasteiger partial charge is 0.471 e. The molecule has 1 N–H and O–H groups in total. The lowest BCUT2D eigenvalue weighted by Crippen LogP contribution is -2.14. The number of halogens is 3. The molecule has 2 rings (SSSR count). The number of rotatable bonds is 2. The number of hydrogen-bond donors (Lipinski definition) is 1. The highest BCUT2D eigenvalue weighted by molar-refractivity contribution is 6.01. The van der Waals surface area contributed by atoms with Crippen molar-refractivity contribution in [1.29, 1.82) is 0 Å². The second-order valence-electron chi connectivity index (χ2n) is 3.24. The fourth-order valence-electron chi connectivity index (χ4n) is 1.14. The van der Waals surface area contributed by atoms with E-state index < -0.39 is 23.8 Å². The van der Waals surface area contributed by atoms with Gasteiger partial charge in [0, 0.05) is 5.69 Å². The minimum atomic E-state index is -4.77. The number of nitrogens with zero attached hydrogens (tertiary/aromatic N) is 2. The summed E-state index contributed by atoms with van der Waals surface area (Å²) in [6.07, 6.45) is -4.77. The Hall–Kier alpha value is -2.38. The van der Waals surface area contributed by atoms with Crippen molar-refractivity contribution in [1.82, 2.24) is 10.1 Å². The van der Waals surface area contributed by atoms with E-state index in [0.29, 0.717) is 5.69 Å². The average molecular weight is 257 g/mol. The number of hydrogen-bond acceptors (Lipinski definition) is 4. The Labute approximate surface area is 98.6 Å². The molecule has 0 aliphatic heterocycles. The van der Waals surface area contributed by atoms with Crippen LogP contribution in [0.1, 0.15) is 16.5 Å². The summed E-state index contributed by atoms with van der Waals surface area (Å²) < 4.78 is 40.4. The predicted octanol–water partition coefficient (Wildman–Crippen LogP) is 2.34. The number of carbonyl (C=O) groups is 1. The minimum Gasteiger partial charge on any atom is -0.329 e. The Bertz CT molecular complexity index is 551. The van der Waals surface area contributed by atoms with Gasteiger partial charge in [-0.2, -0.15) is 18.2 Å². The third kappa shape index (κ3) is 2.65. The smallest absolute Gasteiger partial charge is 0.329 e. The summed E-state index contributed by atoms with van der Waals surface area (Å²) in [4.78, 5) is 14.5. The molecular formula is C10H6F3N3O2. The first kappa shape index (κ1) is 12.1. The van der Waals surface area contributed by atoms with Crippen LogP contribution in [0.25, 0.3) is 0 Å². The van der Waals surface area contributed by atoms with Crippen molar-refractivity contribution in [3.8, 4) is 0 Å². The summed E-state index contributed by atoms with van der Waals surface area (Å²) in [6, 6.07) is 8.19. The molecule has 0 atom stereocenters. The number of amides is 1. The average Bonchev–Trinajstić information content (AvgIpc) is 2.79. The second kappa shape index (κ2) is 4.47. The molecule has 2 aromatic rings. The Balaban J connectivity index is 2.13. The first-order valence-corrected chi connectivity index (χ1v) is 4.74. The van der Waals surface area contributed by atoms with Gasteiger partial charge in [-0.3, -0.25) is 4.79 Å². The molecule has 0 saturated carbocycles. The van der Waals surface area contributed by atoms with Crippen molar-refractivity contribution in [3.05, 3.63) is 42.0 Å². The van der Waals surface area contributed by atoms with Crippen LogP contribution in [0.4, 0.5) is 18.9 Å². The highest BCUT2D eigenvalue weighted by Gasteiger charge is 2.39. The molecule has 5 nitrogen and oxygen atoms in total. The van der Waals surface area contributed by atoms with Gasteiger partial charge in [-0.25, -0.2) is 0 Å². The quantitative estimate of drug-likeness (QED) is 0.896. The van der Waals surface area contributed by atoms with Crippen LogP contribution in [-0.4, -0.2) is 16.0 Å². The van der Waals surface area contributed by atoms with E-state index in [9.17, 15) is 18.0 Å². The van der Waals surface area contributed by atoms with Gasteiger partial charge in [-0.05, 0) is 12.1 Å². The van der Waals surface area contributed by atoms with Gasteiger partial charge >= 0.3 is 12.1 Å². The predicted molar refractivity (Wildman–Crippen MR) is 53.7 cm³/mol. The lowest BCUT2D eigenvalue weighted by molar-refractivity contribution is -0.159. The summed E-state index contributed by atoms with van der Waals surface area (Å²) in [5, 5.41) is 5.29. The van der Waals surface area contributed by atoms with E-state index in [1.165, 1.54) is 0 Å². The van der Waals surface area contributed by atoms with Gasteiger partial charge in [0.1, 0.15) is 0 Å². The van der Waals surface area contributed by atoms with Crippen LogP contribution in [0, 0.1) is 0 Å². The van der Waals surface area contributed by atoms with Crippen molar-refractivity contribution < 1.29 is 22.5 Å². The zero-order valence-electron chi connectivity index (χ0n) is 8.73. The third-order valence-corrected chi connectivity index (χ3v) is 1.90. The lowest BCUT2D eigenvalue weighted by atomic mass is 10.3. The van der Waals surface area contributed by atoms with E-state index >= 15 is 0 Å². The van der Waals surface area contributed by atoms with E-state index in [1.807, 2.05) is 0 Å². The standard InChI is InChI=1S/C10H6F3N3O2/c11-10(12,13)9-15-7(16-18-9)8(17)14-6-4-2-1-3-5-6/h1-5H,(H,14,17). The Morgan fingerprint density at radius 2 is 1.89 bits per heavy atom. The topological polar surface area (TPSA) is 68.0 Å². The summed E-state index contributed by atoms with van der Waals surface area (Å²) in [6.45, 7) is 0. The molecule has 0 bridgehead atoms. The minimum absolute atomic E-state index is 0.417. The molecule has 1 heterocycles. The monoisotopic (exact) mass is 257 g/mol. The van der Waals surface area contributed by atoms with Crippen LogP contribution in [0.15, 0.2) is 34.9 Å². The summed E-state index contributed by atoms with van der Waals surface area (Å²) >= 11 is 0. The molecule has 0 unspecified atom stereocenters. The van der Waals surface area contributed by atoms with Gasteiger partial charge in [-0.15, -0.1) is 0 Å². The fraction of sp³-hybridized carbons (Fsp3) is 0.100. The molecule has 94 valence electrons. The molecule has 0 radical (unpaired) electrons. The van der Waals surface area contributed by atoms with Crippen molar-refractivity contribution in [2.45, 2.75) is 6.18 Å². The fourth-order valence-corrected chi connectivity index (χ4v) is 1.14.